The second kappa shape index (κ2) is 59.5. The summed E-state index contributed by atoms with van der Waals surface area (Å²) >= 11 is 0. The van der Waals surface area contributed by atoms with E-state index < -0.39 is 57.8 Å². The molecule has 78 heavy (non-hydrogen) atoms. The van der Waals surface area contributed by atoms with Crippen LogP contribution in [-0.2, 0) is 42.2 Å². The van der Waals surface area contributed by atoms with Gasteiger partial charge in [0.1, 0.15) is 12.7 Å². The Bertz CT molecular complexity index is 1680. The maximum Gasteiger partial charge on any atom is 0.472 e. The number of carbonyl (C=O) groups is 3. The lowest BCUT2D eigenvalue weighted by Gasteiger charge is -2.21. The van der Waals surface area contributed by atoms with Crippen molar-refractivity contribution in [3.05, 3.63) is 97.2 Å². The third-order valence-corrected chi connectivity index (χ3v) is 14.0. The van der Waals surface area contributed by atoms with Crippen LogP contribution in [0.15, 0.2) is 97.2 Å². The molecule has 0 aromatic carbocycles. The van der Waals surface area contributed by atoms with Crippen molar-refractivity contribution >= 4 is 25.7 Å². The number of rotatable bonds is 57. The number of aliphatic hydroxyl groups excluding tert-OH is 1. The predicted molar refractivity (Wildman–Crippen MR) is 325 cm³/mol. The van der Waals surface area contributed by atoms with E-state index in [1.54, 1.807) is 0 Å². The maximum atomic E-state index is 13.0. The molecule has 3 atom stereocenters. The van der Waals surface area contributed by atoms with Crippen molar-refractivity contribution in [1.29, 1.82) is 0 Å². The van der Waals surface area contributed by atoms with Gasteiger partial charge in [-0.2, -0.15) is 0 Å². The van der Waals surface area contributed by atoms with E-state index in [-0.39, 0.29) is 25.9 Å². The number of hydrogen-bond donors (Lipinski definition) is 2. The van der Waals surface area contributed by atoms with Gasteiger partial charge in [-0.15, -0.1) is 0 Å². The molecule has 0 spiro atoms. The number of phosphoric acid groups is 1. The number of phosphoric ester groups is 1. The molecule has 0 fully saturated rings. The lowest BCUT2D eigenvalue weighted by molar-refractivity contribution is -0.161. The maximum absolute atomic E-state index is 13.0. The third-order valence-electron chi connectivity index (χ3n) is 13.0. The number of carbonyl (C=O) groups excluding carboxylic acids is 3. The summed E-state index contributed by atoms with van der Waals surface area (Å²) in [5.74, 6) is -1.56. The minimum atomic E-state index is -4.78. The summed E-state index contributed by atoms with van der Waals surface area (Å²) < 4.78 is 39.5. The molecule has 0 aliphatic heterocycles. The number of aliphatic hydroxyl groups is 1. The van der Waals surface area contributed by atoms with Crippen LogP contribution in [0.2, 0.25) is 0 Å². The number of unbranched alkanes of at least 4 members (excludes halogenated alkanes) is 24. The molecular weight excluding hydrogens is 1000 g/mol. The first-order valence-electron chi connectivity index (χ1n) is 31.1. The first-order valence-corrected chi connectivity index (χ1v) is 32.6. The molecule has 0 amide bonds. The van der Waals surface area contributed by atoms with Crippen molar-refractivity contribution in [2.75, 3.05) is 26.4 Å². The van der Waals surface area contributed by atoms with Crippen molar-refractivity contribution in [3.63, 3.8) is 0 Å². The molecule has 11 nitrogen and oxygen atoms in total. The molecule has 0 aromatic heterocycles. The highest BCUT2D eigenvalue weighted by atomic mass is 31.2. The Hall–Kier alpha value is -3.60. The van der Waals surface area contributed by atoms with Crippen LogP contribution < -0.4 is 0 Å². The Morgan fingerprint density at radius 2 is 0.692 bits per heavy atom. The zero-order chi connectivity index (χ0) is 56.9. The molecule has 0 aliphatic rings. The van der Waals surface area contributed by atoms with E-state index in [1.165, 1.54) is 96.3 Å². The van der Waals surface area contributed by atoms with Crippen LogP contribution >= 0.6 is 7.82 Å². The van der Waals surface area contributed by atoms with E-state index in [9.17, 15) is 28.9 Å². The predicted octanol–water partition coefficient (Wildman–Crippen LogP) is 18.8. The highest BCUT2D eigenvalue weighted by molar-refractivity contribution is 7.47. The largest absolute Gasteiger partial charge is 0.472 e. The van der Waals surface area contributed by atoms with Crippen molar-refractivity contribution in [3.8, 4) is 0 Å². The Kier molecular flexibility index (Phi) is 56.8. The minimum Gasteiger partial charge on any atom is -0.462 e. The molecule has 2 N–H and O–H groups in total. The van der Waals surface area contributed by atoms with Crippen LogP contribution in [0, 0.1) is 0 Å². The average Bonchev–Trinajstić information content (AvgIpc) is 3.43. The standard InChI is InChI=1S/C66H113O11P/c1-4-7-10-13-16-19-22-25-27-29-31-33-35-38-40-43-46-49-52-55-64(68)73-59-63(77-66(70)57-54-51-48-45-42-39-36-34-32-30-28-26-23-20-17-14-11-8-5-2)61-75-78(71,72)74-60-62(58-67)76-65(69)56-53-50-47-44-41-37-24-21-18-15-12-9-6-3/h7,9-10,12,16,18-19,21,25,27,31,33,37,41,47,50,62-63,67H,4-6,8,11,13-15,17,20,22-24,26,28-30,32,34-36,38-40,42-46,48-49,51-61H2,1-3H3,(H,71,72)/b10-7-,12-9-,19-16-,21-18-,27-25-,33-31-,41-37-,50-47-. The van der Waals surface area contributed by atoms with E-state index in [4.69, 9.17) is 23.3 Å². The fraction of sp³-hybridized carbons (Fsp3) is 0.712. The molecule has 0 aromatic rings. The molecule has 0 saturated carbocycles. The average molecular weight is 1110 g/mol. The summed E-state index contributed by atoms with van der Waals surface area (Å²) in [6.45, 7) is 4.35. The molecule has 0 bridgehead atoms. The summed E-state index contributed by atoms with van der Waals surface area (Å²) in [6, 6.07) is 0. The van der Waals surface area contributed by atoms with Gasteiger partial charge in [0.2, 0.25) is 0 Å². The lowest BCUT2D eigenvalue weighted by atomic mass is 10.0. The fourth-order valence-corrected chi connectivity index (χ4v) is 9.15. The third kappa shape index (κ3) is 57.1. The van der Waals surface area contributed by atoms with Crippen LogP contribution in [0.25, 0.3) is 0 Å². The molecule has 0 aliphatic carbocycles. The number of allylic oxidation sites excluding steroid dienone is 16. The monoisotopic (exact) mass is 1110 g/mol. The van der Waals surface area contributed by atoms with Gasteiger partial charge in [0.25, 0.3) is 0 Å². The van der Waals surface area contributed by atoms with Crippen LogP contribution in [0.4, 0.5) is 0 Å². The van der Waals surface area contributed by atoms with E-state index in [2.05, 4.69) is 106 Å². The molecule has 12 heteroatoms. The van der Waals surface area contributed by atoms with Gasteiger partial charge in [-0.1, -0.05) is 259 Å². The quantitative estimate of drug-likeness (QED) is 0.0197. The van der Waals surface area contributed by atoms with Crippen molar-refractivity contribution < 1.29 is 52.2 Å². The van der Waals surface area contributed by atoms with Gasteiger partial charge in [0.05, 0.1) is 19.8 Å². The van der Waals surface area contributed by atoms with Crippen LogP contribution in [0.1, 0.15) is 265 Å². The summed E-state index contributed by atoms with van der Waals surface area (Å²) in [5.41, 5.74) is 0. The Morgan fingerprint density at radius 1 is 0.372 bits per heavy atom. The summed E-state index contributed by atoms with van der Waals surface area (Å²) in [7, 11) is -4.78. The highest BCUT2D eigenvalue weighted by Gasteiger charge is 2.28. The Labute approximate surface area is 476 Å². The van der Waals surface area contributed by atoms with Gasteiger partial charge in [-0.05, 0) is 83.5 Å². The van der Waals surface area contributed by atoms with Crippen molar-refractivity contribution in [1.82, 2.24) is 0 Å². The van der Waals surface area contributed by atoms with Crippen molar-refractivity contribution in [2.24, 2.45) is 0 Å². The normalized spacial score (nSPS) is 14.0. The molecule has 448 valence electrons. The molecular formula is C66H113O11P. The topological polar surface area (TPSA) is 155 Å². The Balaban J connectivity index is 4.77. The van der Waals surface area contributed by atoms with Gasteiger partial charge in [-0.25, -0.2) is 4.57 Å². The van der Waals surface area contributed by atoms with Gasteiger partial charge in [-0.3, -0.25) is 23.4 Å². The molecule has 0 saturated heterocycles. The SMILES string of the molecule is CC/C=C\C/C=C\C/C=C\C/C=C\CCCCCCCCC(=O)OCC(COP(=O)(O)OCC(CO)OC(=O)CC/C=C\C/C=C\C/C=C\C/C=C\CC)OC(=O)CCCCCCCCCCCCCCCCCCCCC. The first kappa shape index (κ1) is 74.4. The van der Waals surface area contributed by atoms with E-state index >= 15 is 0 Å². The first-order chi connectivity index (χ1) is 38.2. The second-order valence-corrected chi connectivity index (χ2v) is 21.9. The van der Waals surface area contributed by atoms with E-state index in [1.807, 2.05) is 12.2 Å². The van der Waals surface area contributed by atoms with Gasteiger partial charge >= 0.3 is 25.7 Å². The van der Waals surface area contributed by atoms with E-state index in [0.717, 1.165) is 109 Å². The van der Waals surface area contributed by atoms with Gasteiger partial charge < -0.3 is 24.2 Å². The van der Waals surface area contributed by atoms with Crippen LogP contribution in [0.5, 0.6) is 0 Å². The van der Waals surface area contributed by atoms with Crippen molar-refractivity contribution in [2.45, 2.75) is 277 Å². The fourth-order valence-electron chi connectivity index (χ4n) is 8.36. The van der Waals surface area contributed by atoms with Gasteiger partial charge in [0, 0.05) is 19.3 Å². The van der Waals surface area contributed by atoms with Gasteiger partial charge in [0.15, 0.2) is 6.10 Å². The molecule has 0 rings (SSSR count). The smallest absolute Gasteiger partial charge is 0.462 e. The highest BCUT2D eigenvalue weighted by Crippen LogP contribution is 2.43. The minimum absolute atomic E-state index is 0.0527. The molecule has 3 unspecified atom stereocenters. The summed E-state index contributed by atoms with van der Waals surface area (Å²) in [4.78, 5) is 48.6. The molecule has 0 heterocycles. The number of hydrogen-bond acceptors (Lipinski definition) is 10. The number of ether oxygens (including phenoxy) is 3. The second-order valence-electron chi connectivity index (χ2n) is 20.5. The van der Waals surface area contributed by atoms with Crippen LogP contribution in [0.3, 0.4) is 0 Å². The summed E-state index contributed by atoms with van der Waals surface area (Å²) in [5, 5.41) is 9.81. The zero-order valence-corrected chi connectivity index (χ0v) is 50.5. The van der Waals surface area contributed by atoms with Crippen LogP contribution in [-0.4, -0.2) is 66.5 Å². The van der Waals surface area contributed by atoms with E-state index in [0.29, 0.717) is 19.3 Å². The lowest BCUT2D eigenvalue weighted by Crippen LogP contribution is -2.30. The Morgan fingerprint density at radius 3 is 1.10 bits per heavy atom. The number of esters is 3. The molecule has 0 radical (unpaired) electrons. The zero-order valence-electron chi connectivity index (χ0n) is 49.6. The summed E-state index contributed by atoms with van der Waals surface area (Å²) in [6.07, 6.45) is 71.0.